The zero-order valence-electron chi connectivity index (χ0n) is 17.9. The first-order valence-corrected chi connectivity index (χ1v) is 11.3. The highest BCUT2D eigenvalue weighted by molar-refractivity contribution is 7.15. The molecule has 6 aromatic rings. The van der Waals surface area contributed by atoms with Gasteiger partial charge in [0.2, 0.25) is 5.56 Å². The number of fused-ring (bicyclic) bond motifs is 2. The lowest BCUT2D eigenvalue weighted by Crippen LogP contribution is -2.13. The Kier molecular flexibility index (Phi) is 4.63. The Morgan fingerprint density at radius 2 is 1.76 bits per heavy atom. The maximum absolute atomic E-state index is 12.8. The number of rotatable bonds is 3. The van der Waals surface area contributed by atoms with Crippen LogP contribution in [0.3, 0.4) is 0 Å². The van der Waals surface area contributed by atoms with Crippen LogP contribution in [-0.2, 0) is 0 Å². The highest BCUT2D eigenvalue weighted by Gasteiger charge is 2.18. The molecule has 34 heavy (non-hydrogen) atoms. The van der Waals surface area contributed by atoms with E-state index in [1.165, 1.54) is 17.4 Å². The van der Waals surface area contributed by atoms with Crippen LogP contribution in [0.2, 0.25) is 0 Å². The van der Waals surface area contributed by atoms with E-state index in [1.54, 1.807) is 30.6 Å². The minimum atomic E-state index is -0.361. The van der Waals surface area contributed by atoms with E-state index in [0.717, 1.165) is 26.4 Å². The number of aromatic nitrogens is 6. The van der Waals surface area contributed by atoms with E-state index in [1.807, 2.05) is 37.3 Å². The van der Waals surface area contributed by atoms with Crippen molar-refractivity contribution in [3.05, 3.63) is 92.7 Å². The summed E-state index contributed by atoms with van der Waals surface area (Å²) in [6.07, 6.45) is 3.53. The van der Waals surface area contributed by atoms with Gasteiger partial charge in [-0.3, -0.25) is 14.6 Å². The topological polar surface area (TPSA) is 117 Å². The Morgan fingerprint density at radius 1 is 0.853 bits per heavy atom. The van der Waals surface area contributed by atoms with Crippen molar-refractivity contribution in [2.75, 3.05) is 0 Å². The Hall–Kier alpha value is -4.50. The molecule has 8 nitrogen and oxygen atoms in total. The second-order valence-corrected chi connectivity index (χ2v) is 8.98. The van der Waals surface area contributed by atoms with E-state index in [2.05, 4.69) is 19.9 Å². The summed E-state index contributed by atoms with van der Waals surface area (Å²) in [7, 11) is 0. The highest BCUT2D eigenvalue weighted by atomic mass is 32.1. The minimum Gasteiger partial charge on any atom is -0.322 e. The molecule has 0 spiro atoms. The highest BCUT2D eigenvalue weighted by Crippen LogP contribution is 2.34. The molecule has 9 heteroatoms. The molecule has 0 radical (unpaired) electrons. The third kappa shape index (κ3) is 3.48. The van der Waals surface area contributed by atoms with Crippen LogP contribution in [0.5, 0.6) is 0 Å². The molecule has 0 aliphatic rings. The largest absolute Gasteiger partial charge is 0.322 e. The van der Waals surface area contributed by atoms with Gasteiger partial charge >= 0.3 is 0 Å². The van der Waals surface area contributed by atoms with Gasteiger partial charge in [-0.2, -0.15) is 0 Å². The molecule has 0 aliphatic heterocycles. The number of hydrogen-bond donors (Lipinski definition) is 2. The molecule has 5 heterocycles. The number of aromatic amines is 2. The molecule has 2 N–H and O–H groups in total. The fraction of sp³-hybridized carbons (Fsp3) is 0.0400. The summed E-state index contributed by atoms with van der Waals surface area (Å²) in [5.41, 5.74) is 4.01. The summed E-state index contributed by atoms with van der Waals surface area (Å²) >= 11 is 1.51. The predicted molar refractivity (Wildman–Crippen MR) is 133 cm³/mol. The Bertz CT molecular complexity index is 1840. The molecule has 0 atom stereocenters. The summed E-state index contributed by atoms with van der Waals surface area (Å²) in [5.74, 6) is 0. The Morgan fingerprint density at radius 3 is 2.59 bits per heavy atom. The predicted octanol–water partition coefficient (Wildman–Crippen LogP) is 4.32. The third-order valence-electron chi connectivity index (χ3n) is 5.47. The third-order valence-corrected chi connectivity index (χ3v) is 6.39. The molecule has 164 valence electrons. The van der Waals surface area contributed by atoms with Gasteiger partial charge in [0.1, 0.15) is 11.2 Å². The minimum absolute atomic E-state index is 0.288. The molecule has 0 saturated carbocycles. The average Bonchev–Trinajstić information content (AvgIpc) is 3.28. The Balaban J connectivity index is 1.63. The summed E-state index contributed by atoms with van der Waals surface area (Å²) in [6, 6.07) is 16.2. The molecule has 0 saturated heterocycles. The normalized spacial score (nSPS) is 11.3. The van der Waals surface area contributed by atoms with Gasteiger partial charge in [-0.05, 0) is 37.3 Å². The lowest BCUT2D eigenvalue weighted by molar-refractivity contribution is 1.17. The van der Waals surface area contributed by atoms with E-state index in [-0.39, 0.29) is 11.1 Å². The monoisotopic (exact) mass is 464 g/mol. The van der Waals surface area contributed by atoms with Crippen LogP contribution in [0.1, 0.15) is 5.01 Å². The fourth-order valence-electron chi connectivity index (χ4n) is 3.89. The SMILES string of the molecule is Cc1ncc(-c2nc3[nH]c(=O)c(-c4cccc(=O)[nH]4)cc3nc2-c2ccc3ncccc3c2)s1. The van der Waals surface area contributed by atoms with E-state index in [9.17, 15) is 9.59 Å². The van der Waals surface area contributed by atoms with Crippen LogP contribution in [0.4, 0.5) is 0 Å². The van der Waals surface area contributed by atoms with Crippen LogP contribution in [0, 0.1) is 6.92 Å². The van der Waals surface area contributed by atoms with Crippen molar-refractivity contribution in [3.63, 3.8) is 0 Å². The van der Waals surface area contributed by atoms with Crippen LogP contribution in [0.15, 0.2) is 76.6 Å². The van der Waals surface area contributed by atoms with Gasteiger partial charge in [0.05, 0.1) is 32.4 Å². The molecule has 1 aromatic carbocycles. The number of nitrogens with one attached hydrogen (secondary N) is 2. The number of pyridine rings is 3. The maximum Gasteiger partial charge on any atom is 0.259 e. The number of H-pyrrole nitrogens is 2. The summed E-state index contributed by atoms with van der Waals surface area (Å²) in [4.78, 5) is 49.5. The van der Waals surface area contributed by atoms with E-state index in [0.29, 0.717) is 33.8 Å². The standard InChI is InChI=1S/C25H16N6O2S/c1-13-27-12-20(34-13)23-22(15-7-8-17-14(10-15)4-3-9-26-17)29-19-11-16(25(33)31-24(19)30-23)18-5-2-6-21(32)28-18/h2-12H,1H3,(H,28,32)(H,30,31,33). The van der Waals surface area contributed by atoms with Crippen molar-refractivity contribution in [2.24, 2.45) is 0 Å². The number of aryl methyl sites for hydroxylation is 1. The first-order valence-electron chi connectivity index (χ1n) is 10.5. The van der Waals surface area contributed by atoms with Gasteiger partial charge in [0.15, 0.2) is 5.65 Å². The van der Waals surface area contributed by atoms with Gasteiger partial charge in [0.25, 0.3) is 5.56 Å². The second kappa shape index (κ2) is 7.82. The van der Waals surface area contributed by atoms with Gasteiger partial charge in [-0.1, -0.05) is 18.2 Å². The molecular weight excluding hydrogens is 448 g/mol. The van der Waals surface area contributed by atoms with Crippen molar-refractivity contribution < 1.29 is 0 Å². The van der Waals surface area contributed by atoms with E-state index in [4.69, 9.17) is 9.97 Å². The van der Waals surface area contributed by atoms with E-state index >= 15 is 0 Å². The number of thiazole rings is 1. The molecule has 0 bridgehead atoms. The number of benzene rings is 1. The first-order chi connectivity index (χ1) is 16.5. The van der Waals surface area contributed by atoms with Gasteiger partial charge in [0, 0.05) is 29.4 Å². The van der Waals surface area contributed by atoms with Gasteiger partial charge in [-0.15, -0.1) is 11.3 Å². The van der Waals surface area contributed by atoms with Gasteiger partial charge in [-0.25, -0.2) is 15.0 Å². The first kappa shape index (κ1) is 20.1. The molecule has 6 rings (SSSR count). The van der Waals surface area contributed by atoms with Crippen LogP contribution in [-0.4, -0.2) is 29.9 Å². The lowest BCUT2D eigenvalue weighted by atomic mass is 10.1. The van der Waals surface area contributed by atoms with Crippen molar-refractivity contribution >= 4 is 33.4 Å². The quantitative estimate of drug-likeness (QED) is 0.403. The zero-order valence-corrected chi connectivity index (χ0v) is 18.7. The van der Waals surface area contributed by atoms with Crippen LogP contribution < -0.4 is 11.1 Å². The number of hydrogen-bond acceptors (Lipinski definition) is 7. The maximum atomic E-state index is 12.8. The molecule has 0 amide bonds. The van der Waals surface area contributed by atoms with E-state index < -0.39 is 0 Å². The Labute approximate surface area is 196 Å². The second-order valence-electron chi connectivity index (χ2n) is 7.75. The lowest BCUT2D eigenvalue weighted by Gasteiger charge is -2.10. The molecule has 0 fully saturated rings. The van der Waals surface area contributed by atoms with Crippen molar-refractivity contribution in [2.45, 2.75) is 6.92 Å². The summed E-state index contributed by atoms with van der Waals surface area (Å²) < 4.78 is 0. The number of nitrogens with zero attached hydrogens (tertiary/aromatic N) is 4. The molecule has 0 aliphatic carbocycles. The molecular formula is C25H16N6O2S. The zero-order chi connectivity index (χ0) is 23.2. The summed E-state index contributed by atoms with van der Waals surface area (Å²) in [5, 5.41) is 1.89. The molecule has 0 unspecified atom stereocenters. The van der Waals surface area contributed by atoms with Gasteiger partial charge < -0.3 is 9.97 Å². The molecule has 5 aromatic heterocycles. The fourth-order valence-corrected chi connectivity index (χ4v) is 4.66. The van der Waals surface area contributed by atoms with Crippen LogP contribution in [0.25, 0.3) is 55.2 Å². The smallest absolute Gasteiger partial charge is 0.259 e. The summed E-state index contributed by atoms with van der Waals surface area (Å²) in [6.45, 7) is 1.93. The van der Waals surface area contributed by atoms with Crippen molar-refractivity contribution in [3.8, 4) is 33.1 Å². The van der Waals surface area contributed by atoms with Crippen molar-refractivity contribution in [1.82, 2.24) is 29.9 Å². The van der Waals surface area contributed by atoms with Crippen LogP contribution >= 0.6 is 11.3 Å². The average molecular weight is 465 g/mol. The van der Waals surface area contributed by atoms with Crippen molar-refractivity contribution in [1.29, 1.82) is 0 Å².